The van der Waals surface area contributed by atoms with Crippen LogP contribution in [0.25, 0.3) is 0 Å². The minimum atomic E-state index is -0.507. The molecule has 1 aromatic rings. The number of hydrogen-bond acceptors (Lipinski definition) is 3. The Morgan fingerprint density at radius 1 is 1.31 bits per heavy atom. The van der Waals surface area contributed by atoms with E-state index in [9.17, 15) is 4.79 Å². The molecule has 0 N–H and O–H groups in total. The van der Waals surface area contributed by atoms with Gasteiger partial charge in [0.05, 0.1) is 7.11 Å². The maximum Gasteiger partial charge on any atom is 0.275 e. The van der Waals surface area contributed by atoms with Crippen molar-refractivity contribution < 1.29 is 14.4 Å². The monoisotopic (exact) mass is 223 g/mol. The summed E-state index contributed by atoms with van der Waals surface area (Å²) in [6.45, 7) is 0. The molecule has 0 fully saturated rings. The van der Waals surface area contributed by atoms with Crippen LogP contribution in [0.2, 0.25) is 0 Å². The van der Waals surface area contributed by atoms with Crippen molar-refractivity contribution in [3.05, 3.63) is 35.9 Å². The number of carbonyl (C=O) groups is 1. The summed E-state index contributed by atoms with van der Waals surface area (Å²) in [7, 11) is 4.54. The average Bonchev–Trinajstić information content (AvgIpc) is 2.35. The van der Waals surface area contributed by atoms with Crippen LogP contribution < -0.4 is 0 Å². The van der Waals surface area contributed by atoms with E-state index in [-0.39, 0.29) is 5.91 Å². The Hall–Kier alpha value is -1.39. The summed E-state index contributed by atoms with van der Waals surface area (Å²) < 4.78 is 5.17. The number of benzene rings is 1. The van der Waals surface area contributed by atoms with Gasteiger partial charge >= 0.3 is 0 Å². The number of methoxy groups -OCH3 is 1. The van der Waals surface area contributed by atoms with Gasteiger partial charge in [0, 0.05) is 20.6 Å². The van der Waals surface area contributed by atoms with Gasteiger partial charge in [0.2, 0.25) is 0 Å². The summed E-state index contributed by atoms with van der Waals surface area (Å²) in [6.07, 6.45) is 0.0384. The van der Waals surface area contributed by atoms with Crippen molar-refractivity contribution in [1.82, 2.24) is 5.06 Å². The first kappa shape index (κ1) is 12.7. The Balaban J connectivity index is 2.66. The van der Waals surface area contributed by atoms with Gasteiger partial charge in [0.15, 0.2) is 0 Å². The molecule has 1 amide bonds. The summed E-state index contributed by atoms with van der Waals surface area (Å²) in [5.74, 6) is -0.186. The highest BCUT2D eigenvalue weighted by molar-refractivity contribution is 5.80. The van der Waals surface area contributed by atoms with Crippen LogP contribution in [-0.2, 0) is 20.8 Å². The van der Waals surface area contributed by atoms with E-state index >= 15 is 0 Å². The highest BCUT2D eigenvalue weighted by Gasteiger charge is 2.22. The molecule has 0 bridgehead atoms. The summed E-state index contributed by atoms with van der Waals surface area (Å²) in [5, 5.41) is 1.18. The third-order valence-electron chi connectivity index (χ3n) is 2.41. The molecule has 0 saturated heterocycles. The molecule has 0 aliphatic carbocycles. The number of likely N-dealkylation sites (N-methyl/N-ethyl adjacent to an activating group) is 1. The molecule has 0 spiro atoms. The van der Waals surface area contributed by atoms with E-state index < -0.39 is 6.10 Å². The van der Waals surface area contributed by atoms with Gasteiger partial charge in [-0.2, -0.15) is 0 Å². The lowest BCUT2D eigenvalue weighted by Gasteiger charge is -2.20. The van der Waals surface area contributed by atoms with Crippen LogP contribution in [0.3, 0.4) is 0 Å². The van der Waals surface area contributed by atoms with Crippen molar-refractivity contribution in [3.8, 4) is 0 Å². The third-order valence-corrected chi connectivity index (χ3v) is 2.41. The van der Waals surface area contributed by atoms with E-state index in [0.717, 1.165) is 5.56 Å². The second-order valence-electron chi connectivity index (χ2n) is 3.43. The largest absolute Gasteiger partial charge is 0.371 e. The normalized spacial score (nSPS) is 12.2. The fourth-order valence-corrected chi connectivity index (χ4v) is 1.39. The first-order valence-electron chi connectivity index (χ1n) is 5.07. The number of amides is 1. The summed E-state index contributed by atoms with van der Waals surface area (Å²) >= 11 is 0. The summed E-state index contributed by atoms with van der Waals surface area (Å²) in [6, 6.07) is 9.74. The van der Waals surface area contributed by atoms with Crippen molar-refractivity contribution in [2.24, 2.45) is 0 Å². The molecule has 4 nitrogen and oxygen atoms in total. The Morgan fingerprint density at radius 3 is 2.44 bits per heavy atom. The Bertz CT molecular complexity index is 326. The molecule has 16 heavy (non-hydrogen) atoms. The van der Waals surface area contributed by atoms with Gasteiger partial charge in [-0.05, 0) is 5.56 Å². The molecule has 1 atom stereocenters. The number of nitrogens with zero attached hydrogens (tertiary/aromatic N) is 1. The molecule has 0 aliphatic rings. The number of hydroxylamine groups is 2. The maximum absolute atomic E-state index is 11.8. The summed E-state index contributed by atoms with van der Waals surface area (Å²) in [5.41, 5.74) is 1.06. The second-order valence-corrected chi connectivity index (χ2v) is 3.43. The molecule has 0 aromatic heterocycles. The van der Waals surface area contributed by atoms with Gasteiger partial charge in [0.25, 0.3) is 5.91 Å². The zero-order valence-electron chi connectivity index (χ0n) is 9.84. The second kappa shape index (κ2) is 6.25. The lowest BCUT2D eigenvalue weighted by molar-refractivity contribution is -0.179. The molecule has 0 aliphatic heterocycles. The van der Waals surface area contributed by atoms with Crippen LogP contribution in [0.15, 0.2) is 30.3 Å². The molecule has 1 aromatic carbocycles. The van der Waals surface area contributed by atoms with Gasteiger partial charge < -0.3 is 4.74 Å². The van der Waals surface area contributed by atoms with Crippen LogP contribution in [0, 0.1) is 0 Å². The van der Waals surface area contributed by atoms with Crippen molar-refractivity contribution in [2.45, 2.75) is 12.5 Å². The standard InChI is InChI=1S/C12H17NO3/c1-13(16-3)12(14)11(15-2)9-10-7-5-4-6-8-10/h4-8,11H,9H2,1-3H3/t11-/m0/s1. The fourth-order valence-electron chi connectivity index (χ4n) is 1.39. The SMILES string of the molecule is CO[C@@H](Cc1ccccc1)C(=O)N(C)OC. The molecule has 4 heteroatoms. The predicted octanol–water partition coefficient (Wildman–Crippen LogP) is 1.26. The quantitative estimate of drug-likeness (QED) is 0.705. The van der Waals surface area contributed by atoms with E-state index in [1.54, 1.807) is 7.05 Å². The number of hydrogen-bond donors (Lipinski definition) is 0. The zero-order chi connectivity index (χ0) is 12.0. The van der Waals surface area contributed by atoms with E-state index in [0.29, 0.717) is 6.42 Å². The molecular formula is C12H17NO3. The Labute approximate surface area is 95.7 Å². The van der Waals surface area contributed by atoms with Crippen molar-refractivity contribution in [1.29, 1.82) is 0 Å². The van der Waals surface area contributed by atoms with Crippen LogP contribution in [0.5, 0.6) is 0 Å². The molecule has 0 unspecified atom stereocenters. The maximum atomic E-state index is 11.8. The van der Waals surface area contributed by atoms with E-state index in [4.69, 9.17) is 9.57 Å². The van der Waals surface area contributed by atoms with E-state index in [1.807, 2.05) is 30.3 Å². The van der Waals surface area contributed by atoms with Crippen molar-refractivity contribution >= 4 is 5.91 Å². The van der Waals surface area contributed by atoms with Crippen LogP contribution in [-0.4, -0.2) is 38.3 Å². The van der Waals surface area contributed by atoms with Crippen LogP contribution in [0.1, 0.15) is 5.56 Å². The number of rotatable bonds is 5. The Kier molecular flexibility index (Phi) is 4.95. The van der Waals surface area contributed by atoms with Gasteiger partial charge in [-0.25, -0.2) is 5.06 Å². The Morgan fingerprint density at radius 2 is 1.94 bits per heavy atom. The van der Waals surface area contributed by atoms with E-state index in [1.165, 1.54) is 19.3 Å². The van der Waals surface area contributed by atoms with Gasteiger partial charge in [-0.15, -0.1) is 0 Å². The summed E-state index contributed by atoms with van der Waals surface area (Å²) in [4.78, 5) is 16.6. The van der Waals surface area contributed by atoms with Gasteiger partial charge in [-0.1, -0.05) is 30.3 Å². The molecular weight excluding hydrogens is 206 g/mol. The van der Waals surface area contributed by atoms with Gasteiger partial charge in [0.1, 0.15) is 6.10 Å². The highest BCUT2D eigenvalue weighted by atomic mass is 16.7. The molecule has 88 valence electrons. The number of ether oxygens (including phenoxy) is 1. The average molecular weight is 223 g/mol. The molecule has 1 rings (SSSR count). The van der Waals surface area contributed by atoms with Crippen molar-refractivity contribution in [3.63, 3.8) is 0 Å². The lowest BCUT2D eigenvalue weighted by Crippen LogP contribution is -2.38. The zero-order valence-corrected chi connectivity index (χ0v) is 9.84. The minimum absolute atomic E-state index is 0.186. The van der Waals surface area contributed by atoms with Crippen molar-refractivity contribution in [2.75, 3.05) is 21.3 Å². The smallest absolute Gasteiger partial charge is 0.275 e. The highest BCUT2D eigenvalue weighted by Crippen LogP contribution is 2.07. The number of carbonyl (C=O) groups excluding carboxylic acids is 1. The lowest BCUT2D eigenvalue weighted by atomic mass is 10.1. The third kappa shape index (κ3) is 3.32. The fraction of sp³-hybridized carbons (Fsp3) is 0.417. The molecule has 0 saturated carbocycles. The molecule has 0 radical (unpaired) electrons. The first-order valence-corrected chi connectivity index (χ1v) is 5.07. The topological polar surface area (TPSA) is 38.8 Å². The van der Waals surface area contributed by atoms with Gasteiger partial charge in [-0.3, -0.25) is 9.63 Å². The first-order chi connectivity index (χ1) is 7.69. The van der Waals surface area contributed by atoms with E-state index in [2.05, 4.69) is 0 Å². The minimum Gasteiger partial charge on any atom is -0.371 e. The molecule has 0 heterocycles. The predicted molar refractivity (Wildman–Crippen MR) is 60.7 cm³/mol. The van der Waals surface area contributed by atoms with Crippen LogP contribution >= 0.6 is 0 Å². The van der Waals surface area contributed by atoms with Crippen LogP contribution in [0.4, 0.5) is 0 Å².